The molecule has 0 amide bonds. The molecule has 0 heterocycles. The number of hydrogen-bond donors (Lipinski definition) is 0. The van der Waals surface area contributed by atoms with Gasteiger partial charge in [0.25, 0.3) is 0 Å². The third-order valence-electron chi connectivity index (χ3n) is 7.85. The summed E-state index contributed by atoms with van der Waals surface area (Å²) in [4.78, 5) is 71.4. The predicted octanol–water partition coefficient (Wildman–Crippen LogP) is 7.11. The fourth-order valence-corrected chi connectivity index (χ4v) is 5.24. The van der Waals surface area contributed by atoms with E-state index in [9.17, 15) is 37.5 Å². The Bertz CT molecular complexity index is 2090. The summed E-state index contributed by atoms with van der Waals surface area (Å²) < 4.78 is 68.3. The standard InChI is InChI=1S/C39H28F2O14/c1-5-33(42)48-19-50-37(46)54-23-9-13-27(31(40)17-23)35(44)52-21-7-11-25-26-12-8-22(16-30(26)39(3,4)29(25)15-21)53-36(45)28-14-10-24(18-32(28)41)55-38(47)51-20-49-34(43)6-2/h5-18H,1-2,19-20H2,3-4H3. The number of rotatable bonds is 12. The number of carbonyl (C=O) groups excluding carboxylic acids is 6. The molecule has 5 rings (SSSR count). The molecule has 0 atom stereocenters. The van der Waals surface area contributed by atoms with Gasteiger partial charge in [0.2, 0.25) is 13.6 Å². The molecular formula is C39H28F2O14. The van der Waals surface area contributed by atoms with Crippen LogP contribution in [-0.2, 0) is 34.0 Å². The van der Waals surface area contributed by atoms with E-state index >= 15 is 0 Å². The lowest BCUT2D eigenvalue weighted by atomic mass is 9.82. The zero-order chi connectivity index (χ0) is 39.9. The predicted molar refractivity (Wildman–Crippen MR) is 183 cm³/mol. The summed E-state index contributed by atoms with van der Waals surface area (Å²) in [7, 11) is 0. The minimum Gasteiger partial charge on any atom is -0.425 e. The van der Waals surface area contributed by atoms with Crippen molar-refractivity contribution < 1.29 is 75.4 Å². The average Bonchev–Trinajstić information content (AvgIpc) is 3.36. The van der Waals surface area contributed by atoms with Crippen LogP contribution in [0, 0.1) is 11.6 Å². The van der Waals surface area contributed by atoms with Crippen LogP contribution in [0.25, 0.3) is 11.1 Å². The van der Waals surface area contributed by atoms with E-state index in [1.807, 2.05) is 13.8 Å². The van der Waals surface area contributed by atoms with Crippen molar-refractivity contribution in [3.8, 4) is 34.1 Å². The first-order valence-electron chi connectivity index (χ1n) is 15.8. The number of esters is 4. The van der Waals surface area contributed by atoms with E-state index in [0.29, 0.717) is 0 Å². The molecule has 0 saturated carbocycles. The van der Waals surface area contributed by atoms with E-state index in [0.717, 1.165) is 70.8 Å². The lowest BCUT2D eigenvalue weighted by Gasteiger charge is -2.22. The highest BCUT2D eigenvalue weighted by Gasteiger charge is 2.36. The second kappa shape index (κ2) is 16.5. The highest BCUT2D eigenvalue weighted by molar-refractivity contribution is 5.93. The Morgan fingerprint density at radius 1 is 0.545 bits per heavy atom. The maximum absolute atomic E-state index is 14.9. The number of ether oxygens (including phenoxy) is 8. The first-order valence-corrected chi connectivity index (χ1v) is 15.8. The molecule has 1 aliphatic carbocycles. The van der Waals surface area contributed by atoms with E-state index < -0.39 is 78.0 Å². The topological polar surface area (TPSA) is 176 Å². The smallest absolute Gasteiger partial charge is 0.425 e. The Hall–Kier alpha value is -7.36. The Balaban J connectivity index is 1.22. The molecule has 0 bridgehead atoms. The van der Waals surface area contributed by atoms with Gasteiger partial charge >= 0.3 is 36.2 Å². The van der Waals surface area contributed by atoms with E-state index in [1.165, 1.54) is 12.1 Å². The lowest BCUT2D eigenvalue weighted by Crippen LogP contribution is -2.17. The van der Waals surface area contributed by atoms with Gasteiger partial charge in [-0.3, -0.25) is 0 Å². The average molecular weight is 759 g/mol. The zero-order valence-electron chi connectivity index (χ0n) is 28.9. The maximum atomic E-state index is 14.9. The van der Waals surface area contributed by atoms with Crippen LogP contribution in [0.4, 0.5) is 18.4 Å². The van der Waals surface area contributed by atoms with Crippen molar-refractivity contribution in [3.05, 3.63) is 132 Å². The zero-order valence-corrected chi connectivity index (χ0v) is 28.9. The van der Waals surface area contributed by atoms with Crippen molar-refractivity contribution in [2.45, 2.75) is 19.3 Å². The highest BCUT2D eigenvalue weighted by Crippen LogP contribution is 2.50. The Morgan fingerprint density at radius 2 is 0.909 bits per heavy atom. The Kier molecular flexibility index (Phi) is 11.7. The van der Waals surface area contributed by atoms with Crippen molar-refractivity contribution in [2.24, 2.45) is 0 Å². The highest BCUT2D eigenvalue weighted by atomic mass is 19.1. The molecule has 282 valence electrons. The van der Waals surface area contributed by atoms with Gasteiger partial charge in [-0.15, -0.1) is 0 Å². The summed E-state index contributed by atoms with van der Waals surface area (Å²) in [5.74, 6) is -6.26. The van der Waals surface area contributed by atoms with Crippen molar-refractivity contribution >= 4 is 36.2 Å². The molecule has 55 heavy (non-hydrogen) atoms. The van der Waals surface area contributed by atoms with Crippen molar-refractivity contribution in [1.82, 2.24) is 0 Å². The fourth-order valence-electron chi connectivity index (χ4n) is 5.24. The van der Waals surface area contributed by atoms with Gasteiger partial charge in [-0.2, -0.15) is 0 Å². The minimum absolute atomic E-state index is 0.0981. The van der Waals surface area contributed by atoms with Gasteiger partial charge in [0.1, 0.15) is 34.6 Å². The summed E-state index contributed by atoms with van der Waals surface area (Å²) >= 11 is 0. The monoisotopic (exact) mass is 758 g/mol. The molecular weight excluding hydrogens is 730 g/mol. The van der Waals surface area contributed by atoms with Crippen LogP contribution in [0.5, 0.6) is 23.0 Å². The van der Waals surface area contributed by atoms with Crippen LogP contribution in [-0.4, -0.2) is 49.8 Å². The summed E-state index contributed by atoms with van der Waals surface area (Å²) in [6, 6.07) is 15.6. The van der Waals surface area contributed by atoms with E-state index in [4.69, 9.17) is 18.9 Å². The van der Waals surface area contributed by atoms with E-state index in [2.05, 4.69) is 32.1 Å². The number of benzene rings is 4. The summed E-state index contributed by atoms with van der Waals surface area (Å²) in [5.41, 5.74) is 1.40. The normalized spacial score (nSPS) is 11.8. The van der Waals surface area contributed by atoms with Gasteiger partial charge in [0, 0.05) is 29.7 Å². The first-order chi connectivity index (χ1) is 26.2. The minimum atomic E-state index is -1.29. The molecule has 4 aromatic rings. The third kappa shape index (κ3) is 9.18. The molecule has 0 saturated heterocycles. The van der Waals surface area contributed by atoms with E-state index in [1.54, 1.807) is 24.3 Å². The molecule has 0 aliphatic heterocycles. The molecule has 0 N–H and O–H groups in total. The van der Waals surface area contributed by atoms with E-state index in [-0.39, 0.29) is 23.0 Å². The van der Waals surface area contributed by atoms with Gasteiger partial charge < -0.3 is 37.9 Å². The molecule has 0 unspecified atom stereocenters. The van der Waals surface area contributed by atoms with Crippen molar-refractivity contribution in [3.63, 3.8) is 0 Å². The summed E-state index contributed by atoms with van der Waals surface area (Å²) in [6.07, 6.45) is -0.866. The molecule has 4 aromatic carbocycles. The van der Waals surface area contributed by atoms with Crippen LogP contribution in [0.3, 0.4) is 0 Å². The van der Waals surface area contributed by atoms with Gasteiger partial charge in [0.05, 0.1) is 11.1 Å². The quantitative estimate of drug-likeness (QED) is 0.0469. The summed E-state index contributed by atoms with van der Waals surface area (Å²) in [5, 5.41) is 0. The van der Waals surface area contributed by atoms with Crippen LogP contribution in [0.1, 0.15) is 45.7 Å². The molecule has 0 radical (unpaired) electrons. The van der Waals surface area contributed by atoms with Gasteiger partial charge in [-0.05, 0) is 70.8 Å². The van der Waals surface area contributed by atoms with Crippen LogP contribution in [0.2, 0.25) is 0 Å². The molecule has 14 nitrogen and oxygen atoms in total. The number of carbonyl (C=O) groups is 6. The fraction of sp³-hybridized carbons (Fsp3) is 0.128. The Labute approximate surface area is 310 Å². The SMILES string of the molecule is C=CC(=O)OCOC(=O)Oc1ccc(C(=O)Oc2ccc3c(c2)C(C)(C)c2cc(OC(=O)c4ccc(OC(=O)OCOC(=O)C=C)cc4F)ccc2-3)c(F)c1. The van der Waals surface area contributed by atoms with Crippen LogP contribution in [0.15, 0.2) is 98.1 Å². The number of hydrogen-bond acceptors (Lipinski definition) is 14. The second-order valence-electron chi connectivity index (χ2n) is 11.7. The van der Waals surface area contributed by atoms with Gasteiger partial charge in [-0.25, -0.2) is 37.5 Å². The second-order valence-corrected chi connectivity index (χ2v) is 11.7. The van der Waals surface area contributed by atoms with Crippen molar-refractivity contribution in [1.29, 1.82) is 0 Å². The summed E-state index contributed by atoms with van der Waals surface area (Å²) in [6.45, 7) is 8.62. The van der Waals surface area contributed by atoms with Gasteiger partial charge in [-0.1, -0.05) is 39.1 Å². The molecule has 16 heteroatoms. The third-order valence-corrected chi connectivity index (χ3v) is 7.85. The largest absolute Gasteiger partial charge is 0.516 e. The number of fused-ring (bicyclic) bond motifs is 3. The molecule has 1 aliphatic rings. The van der Waals surface area contributed by atoms with Gasteiger partial charge in [0.15, 0.2) is 0 Å². The van der Waals surface area contributed by atoms with Crippen molar-refractivity contribution in [2.75, 3.05) is 13.6 Å². The lowest BCUT2D eigenvalue weighted by molar-refractivity contribution is -0.147. The maximum Gasteiger partial charge on any atom is 0.516 e. The number of halogens is 2. The molecule has 0 aromatic heterocycles. The van der Waals surface area contributed by atoms with Crippen LogP contribution < -0.4 is 18.9 Å². The molecule has 0 spiro atoms. The molecule has 0 fully saturated rings. The Morgan fingerprint density at radius 3 is 1.27 bits per heavy atom. The first kappa shape index (κ1) is 38.9. The van der Waals surface area contributed by atoms with Crippen LogP contribution >= 0.6 is 0 Å².